The monoisotopic (exact) mass is 253 g/mol. The van der Waals surface area contributed by atoms with E-state index in [0.29, 0.717) is 6.61 Å². The lowest BCUT2D eigenvalue weighted by atomic mass is 10.0. The van der Waals surface area contributed by atoms with Crippen molar-refractivity contribution in [3.63, 3.8) is 0 Å². The summed E-state index contributed by atoms with van der Waals surface area (Å²) >= 11 is 5.86. The van der Waals surface area contributed by atoms with Crippen molar-refractivity contribution in [2.75, 3.05) is 25.1 Å². The first-order valence-corrected chi connectivity index (χ1v) is 5.81. The summed E-state index contributed by atoms with van der Waals surface area (Å²) in [5.74, 6) is 0. The fourth-order valence-electron chi connectivity index (χ4n) is 1.94. The second-order valence-electron chi connectivity index (χ2n) is 4.57. The first-order chi connectivity index (χ1) is 7.98. The Balaban J connectivity index is 2.07. The smallest absolute Gasteiger partial charge is 0.282 e. The molecule has 1 aliphatic heterocycles. The summed E-state index contributed by atoms with van der Waals surface area (Å²) in [7, 11) is 2.01. The van der Waals surface area contributed by atoms with E-state index in [9.17, 15) is 0 Å². The lowest BCUT2D eigenvalue weighted by molar-refractivity contribution is 0.267. The summed E-state index contributed by atoms with van der Waals surface area (Å²) in [6.07, 6.45) is 0. The molecule has 0 saturated carbocycles. The number of rotatable bonds is 3. The molecule has 0 saturated heterocycles. The zero-order valence-corrected chi connectivity index (χ0v) is 10.7. The van der Waals surface area contributed by atoms with Crippen molar-refractivity contribution >= 4 is 23.3 Å². The van der Waals surface area contributed by atoms with Gasteiger partial charge in [0, 0.05) is 24.3 Å². The third kappa shape index (κ3) is 2.82. The zero-order valence-electron chi connectivity index (χ0n) is 9.98. The molecule has 0 aromatic heterocycles. The van der Waals surface area contributed by atoms with Crippen LogP contribution < -0.4 is 10.6 Å². The number of hydrogen-bond donors (Lipinski definition) is 1. The third-order valence-corrected chi connectivity index (χ3v) is 3.01. The first kappa shape index (κ1) is 12.0. The Hall–Kier alpha value is -1.42. The number of nitrogens with two attached hydrogens (primary N) is 1. The lowest BCUT2D eigenvalue weighted by Crippen LogP contribution is -2.38. The standard InChI is InChI=1S/C12H16ClN3O/c1-12(8-17-11(14)15-12)7-16(2)10-5-3-9(13)4-6-10/h3-6H,7-8H2,1-2H3,(H2,14,15). The summed E-state index contributed by atoms with van der Waals surface area (Å²) in [5.41, 5.74) is 6.35. The summed E-state index contributed by atoms with van der Waals surface area (Å²) in [6, 6.07) is 7.98. The highest BCUT2D eigenvalue weighted by atomic mass is 35.5. The fourth-order valence-corrected chi connectivity index (χ4v) is 2.06. The second-order valence-corrected chi connectivity index (χ2v) is 5.00. The Morgan fingerprint density at radius 2 is 2.12 bits per heavy atom. The molecule has 0 radical (unpaired) electrons. The molecule has 0 fully saturated rings. The molecule has 1 atom stereocenters. The number of ether oxygens (including phenoxy) is 1. The quantitative estimate of drug-likeness (QED) is 0.895. The molecule has 1 aromatic carbocycles. The number of aliphatic imine (C=N–C) groups is 1. The van der Waals surface area contributed by atoms with Crippen LogP contribution in [0.2, 0.25) is 5.02 Å². The molecule has 0 spiro atoms. The summed E-state index contributed by atoms with van der Waals surface area (Å²) in [4.78, 5) is 6.42. The Morgan fingerprint density at radius 3 is 2.65 bits per heavy atom. The van der Waals surface area contributed by atoms with Gasteiger partial charge in [-0.3, -0.25) is 0 Å². The number of halogens is 1. The number of hydrogen-bond acceptors (Lipinski definition) is 4. The van der Waals surface area contributed by atoms with Gasteiger partial charge in [-0.1, -0.05) is 11.6 Å². The molecule has 17 heavy (non-hydrogen) atoms. The van der Waals surface area contributed by atoms with Gasteiger partial charge in [0.25, 0.3) is 6.02 Å². The van der Waals surface area contributed by atoms with Crippen LogP contribution in [0.25, 0.3) is 0 Å². The van der Waals surface area contributed by atoms with E-state index >= 15 is 0 Å². The SMILES string of the molecule is CN(CC1(C)COC(N)=N1)c1ccc(Cl)cc1. The van der Waals surface area contributed by atoms with Gasteiger partial charge in [0.1, 0.15) is 12.1 Å². The molecule has 92 valence electrons. The van der Waals surface area contributed by atoms with Gasteiger partial charge in [-0.2, -0.15) is 0 Å². The molecule has 2 rings (SSSR count). The zero-order chi connectivity index (χ0) is 12.5. The van der Waals surface area contributed by atoms with E-state index < -0.39 is 0 Å². The van der Waals surface area contributed by atoms with Crippen LogP contribution in [0.1, 0.15) is 6.92 Å². The van der Waals surface area contributed by atoms with E-state index in [1.54, 1.807) is 0 Å². The van der Waals surface area contributed by atoms with E-state index in [-0.39, 0.29) is 11.6 Å². The molecule has 0 amide bonds. The van der Waals surface area contributed by atoms with Gasteiger partial charge < -0.3 is 15.4 Å². The molecule has 4 nitrogen and oxygen atoms in total. The van der Waals surface area contributed by atoms with Crippen molar-refractivity contribution in [3.8, 4) is 0 Å². The maximum Gasteiger partial charge on any atom is 0.282 e. The van der Waals surface area contributed by atoms with Crippen LogP contribution in [0.5, 0.6) is 0 Å². The predicted molar refractivity (Wildman–Crippen MR) is 70.7 cm³/mol. The Morgan fingerprint density at radius 1 is 1.47 bits per heavy atom. The molecule has 1 unspecified atom stereocenters. The first-order valence-electron chi connectivity index (χ1n) is 5.43. The average Bonchev–Trinajstić information content (AvgIpc) is 2.59. The maximum absolute atomic E-state index is 5.86. The van der Waals surface area contributed by atoms with Gasteiger partial charge >= 0.3 is 0 Å². The van der Waals surface area contributed by atoms with Crippen LogP contribution >= 0.6 is 11.6 Å². The van der Waals surface area contributed by atoms with Crippen molar-refractivity contribution in [1.82, 2.24) is 0 Å². The number of anilines is 1. The minimum atomic E-state index is -0.279. The minimum absolute atomic E-state index is 0.275. The average molecular weight is 254 g/mol. The van der Waals surface area contributed by atoms with Gasteiger partial charge in [-0.25, -0.2) is 4.99 Å². The minimum Gasteiger partial charge on any atom is -0.463 e. The molecule has 1 heterocycles. The highest BCUT2D eigenvalue weighted by molar-refractivity contribution is 6.30. The highest BCUT2D eigenvalue weighted by Gasteiger charge is 2.32. The van der Waals surface area contributed by atoms with Gasteiger partial charge in [0.2, 0.25) is 0 Å². The van der Waals surface area contributed by atoms with Crippen molar-refractivity contribution in [2.24, 2.45) is 10.7 Å². The number of likely N-dealkylation sites (N-methyl/N-ethyl adjacent to an activating group) is 1. The molecule has 2 N–H and O–H groups in total. The van der Waals surface area contributed by atoms with Crippen LogP contribution in [0.15, 0.2) is 29.3 Å². The van der Waals surface area contributed by atoms with E-state index in [1.807, 2.05) is 38.2 Å². The fraction of sp³-hybridized carbons (Fsp3) is 0.417. The molecule has 0 bridgehead atoms. The molecular weight excluding hydrogens is 238 g/mol. The Labute approximate surface area is 106 Å². The summed E-state index contributed by atoms with van der Waals surface area (Å²) < 4.78 is 5.20. The number of benzene rings is 1. The van der Waals surface area contributed by atoms with E-state index in [1.165, 1.54) is 0 Å². The van der Waals surface area contributed by atoms with E-state index in [2.05, 4.69) is 9.89 Å². The Bertz CT molecular complexity index is 432. The van der Waals surface area contributed by atoms with Gasteiger partial charge in [0.05, 0.1) is 0 Å². The van der Waals surface area contributed by atoms with Crippen LogP contribution in [-0.2, 0) is 4.74 Å². The number of amidine groups is 1. The topological polar surface area (TPSA) is 50.9 Å². The number of nitrogens with zero attached hydrogens (tertiary/aromatic N) is 2. The highest BCUT2D eigenvalue weighted by Crippen LogP contribution is 2.22. The van der Waals surface area contributed by atoms with E-state index in [0.717, 1.165) is 17.3 Å². The van der Waals surface area contributed by atoms with E-state index in [4.69, 9.17) is 22.1 Å². The largest absolute Gasteiger partial charge is 0.463 e. The van der Waals surface area contributed by atoms with Crippen LogP contribution in [0.3, 0.4) is 0 Å². The molecule has 1 aliphatic rings. The summed E-state index contributed by atoms with van der Waals surface area (Å²) in [6.45, 7) is 3.30. The van der Waals surface area contributed by atoms with Crippen molar-refractivity contribution in [2.45, 2.75) is 12.5 Å². The lowest BCUT2D eigenvalue weighted by Gasteiger charge is -2.27. The summed E-state index contributed by atoms with van der Waals surface area (Å²) in [5, 5.41) is 0.736. The van der Waals surface area contributed by atoms with Crippen molar-refractivity contribution in [1.29, 1.82) is 0 Å². The second kappa shape index (κ2) is 4.45. The molecule has 5 heteroatoms. The predicted octanol–water partition coefficient (Wildman–Crippen LogP) is 1.88. The van der Waals surface area contributed by atoms with Crippen LogP contribution in [0, 0.1) is 0 Å². The van der Waals surface area contributed by atoms with Crippen molar-refractivity contribution in [3.05, 3.63) is 29.3 Å². The molecule has 1 aromatic rings. The maximum atomic E-state index is 5.86. The van der Waals surface area contributed by atoms with Crippen LogP contribution in [0.4, 0.5) is 5.69 Å². The Kier molecular flexibility index (Phi) is 3.15. The van der Waals surface area contributed by atoms with Gasteiger partial charge in [-0.05, 0) is 31.2 Å². The third-order valence-electron chi connectivity index (χ3n) is 2.76. The van der Waals surface area contributed by atoms with Gasteiger partial charge in [0.15, 0.2) is 0 Å². The van der Waals surface area contributed by atoms with Gasteiger partial charge in [-0.15, -0.1) is 0 Å². The van der Waals surface area contributed by atoms with Crippen molar-refractivity contribution < 1.29 is 4.74 Å². The molecule has 0 aliphatic carbocycles. The normalized spacial score (nSPS) is 23.1. The molecular formula is C12H16ClN3O. The van der Waals surface area contributed by atoms with Crippen LogP contribution in [-0.4, -0.2) is 31.8 Å².